The van der Waals surface area contributed by atoms with Gasteiger partial charge in [0.1, 0.15) is 17.7 Å². The SMILES string of the molecule is CO[C@@]1(NC(=O)Cc2csc(N)n2)C(=O)N2C(C(=O)O)=C(COC(N)=O)CS[C@@H]21. The van der Waals surface area contributed by atoms with Gasteiger partial charge in [0.2, 0.25) is 5.91 Å². The molecular formula is C15H17N5O7S2. The number of aliphatic carboxylic acids is 1. The van der Waals surface area contributed by atoms with Crippen LogP contribution in [0.5, 0.6) is 0 Å². The molecule has 1 saturated heterocycles. The van der Waals surface area contributed by atoms with Gasteiger partial charge in [-0.1, -0.05) is 0 Å². The summed E-state index contributed by atoms with van der Waals surface area (Å²) >= 11 is 2.34. The van der Waals surface area contributed by atoms with Crippen molar-refractivity contribution in [2.45, 2.75) is 17.5 Å². The van der Waals surface area contributed by atoms with Gasteiger partial charge in [0.05, 0.1) is 12.1 Å². The lowest BCUT2D eigenvalue weighted by molar-refractivity contribution is -0.192. The van der Waals surface area contributed by atoms with Crippen molar-refractivity contribution >= 4 is 52.1 Å². The molecular weight excluding hydrogens is 426 g/mol. The third-order valence-corrected chi connectivity index (χ3v) is 6.36. The van der Waals surface area contributed by atoms with Crippen LogP contribution in [0.2, 0.25) is 0 Å². The van der Waals surface area contributed by atoms with Crippen LogP contribution in [-0.4, -0.2) is 69.4 Å². The van der Waals surface area contributed by atoms with Crippen molar-refractivity contribution in [3.8, 4) is 0 Å². The monoisotopic (exact) mass is 443 g/mol. The molecule has 1 aromatic heterocycles. The zero-order valence-electron chi connectivity index (χ0n) is 15.0. The molecule has 6 N–H and O–H groups in total. The molecule has 0 saturated carbocycles. The fourth-order valence-electron chi connectivity index (χ4n) is 3.03. The third-order valence-electron chi connectivity index (χ3n) is 4.26. The third kappa shape index (κ3) is 3.73. The summed E-state index contributed by atoms with van der Waals surface area (Å²) in [6.07, 6.45) is -1.19. The van der Waals surface area contributed by atoms with E-state index in [4.69, 9.17) is 16.2 Å². The molecule has 0 unspecified atom stereocenters. The van der Waals surface area contributed by atoms with Gasteiger partial charge in [-0.3, -0.25) is 14.5 Å². The number of anilines is 1. The Morgan fingerprint density at radius 1 is 1.48 bits per heavy atom. The zero-order chi connectivity index (χ0) is 21.3. The Balaban J connectivity index is 1.80. The number of hydrogen-bond acceptors (Lipinski definition) is 10. The average molecular weight is 443 g/mol. The summed E-state index contributed by atoms with van der Waals surface area (Å²) in [7, 11) is 1.24. The van der Waals surface area contributed by atoms with Crippen LogP contribution >= 0.6 is 23.1 Å². The number of nitrogens with one attached hydrogen (secondary N) is 1. The van der Waals surface area contributed by atoms with Gasteiger partial charge < -0.3 is 31.4 Å². The molecule has 0 aliphatic carbocycles. The number of carbonyl (C=O) groups excluding carboxylic acids is 3. The van der Waals surface area contributed by atoms with Crippen molar-refractivity contribution in [2.24, 2.45) is 5.73 Å². The number of carboxylic acid groups (broad SMARTS) is 1. The number of thioether (sulfide) groups is 1. The predicted octanol–water partition coefficient (Wildman–Crippen LogP) is -0.924. The minimum Gasteiger partial charge on any atom is -0.477 e. The molecule has 1 aromatic rings. The topological polar surface area (TPSA) is 187 Å². The Kier molecular flexibility index (Phi) is 5.68. The fourth-order valence-corrected chi connectivity index (χ4v) is 5.01. The molecule has 3 heterocycles. The smallest absolute Gasteiger partial charge is 0.404 e. The van der Waals surface area contributed by atoms with E-state index in [1.807, 2.05) is 0 Å². The summed E-state index contributed by atoms with van der Waals surface area (Å²) in [6.45, 7) is -0.363. The summed E-state index contributed by atoms with van der Waals surface area (Å²) in [5, 5.41) is 13.2. The number of carboxylic acids is 1. The second kappa shape index (κ2) is 7.88. The van der Waals surface area contributed by atoms with Crippen LogP contribution in [-0.2, 0) is 30.3 Å². The van der Waals surface area contributed by atoms with E-state index < -0.39 is 35.0 Å². The van der Waals surface area contributed by atoms with Crippen molar-refractivity contribution in [1.82, 2.24) is 15.2 Å². The van der Waals surface area contributed by atoms with Gasteiger partial charge in [-0.2, -0.15) is 0 Å². The molecule has 1 fully saturated rings. The summed E-state index contributed by atoms with van der Waals surface area (Å²) in [4.78, 5) is 52.8. The molecule has 14 heteroatoms. The Morgan fingerprint density at radius 2 is 2.21 bits per heavy atom. The molecule has 0 radical (unpaired) electrons. The van der Waals surface area contributed by atoms with Crippen LogP contribution in [0.4, 0.5) is 9.93 Å². The molecule has 2 aliphatic heterocycles. The Labute approximate surface area is 172 Å². The number of methoxy groups -OCH3 is 1. The number of hydrogen-bond donors (Lipinski definition) is 4. The van der Waals surface area contributed by atoms with E-state index in [2.05, 4.69) is 15.0 Å². The largest absolute Gasteiger partial charge is 0.477 e. The maximum atomic E-state index is 12.8. The lowest BCUT2D eigenvalue weighted by atomic mass is 9.98. The number of amides is 3. The lowest BCUT2D eigenvalue weighted by Gasteiger charge is -2.55. The Bertz CT molecular complexity index is 917. The van der Waals surface area contributed by atoms with Gasteiger partial charge in [-0.05, 0) is 0 Å². The van der Waals surface area contributed by atoms with Crippen LogP contribution < -0.4 is 16.8 Å². The number of β-lactam (4-membered cyclic amide) rings is 1. The van der Waals surface area contributed by atoms with Crippen molar-refractivity contribution in [1.29, 1.82) is 0 Å². The van der Waals surface area contributed by atoms with Crippen LogP contribution in [0.25, 0.3) is 0 Å². The first-order valence-corrected chi connectivity index (χ1v) is 10.0. The molecule has 2 aliphatic rings. The van der Waals surface area contributed by atoms with Gasteiger partial charge in [0.15, 0.2) is 5.13 Å². The molecule has 29 heavy (non-hydrogen) atoms. The number of rotatable bonds is 7. The minimum atomic E-state index is -1.72. The number of fused-ring (bicyclic) bond motifs is 1. The molecule has 3 amide bonds. The van der Waals surface area contributed by atoms with Crippen molar-refractivity contribution in [3.63, 3.8) is 0 Å². The first-order valence-electron chi connectivity index (χ1n) is 8.08. The molecule has 2 atom stereocenters. The van der Waals surface area contributed by atoms with E-state index in [-0.39, 0.29) is 30.1 Å². The maximum Gasteiger partial charge on any atom is 0.404 e. The first kappa shape index (κ1) is 20.9. The molecule has 0 spiro atoms. The highest BCUT2D eigenvalue weighted by atomic mass is 32.2. The number of nitrogens with zero attached hydrogens (tertiary/aromatic N) is 2. The van der Waals surface area contributed by atoms with Crippen molar-refractivity contribution in [2.75, 3.05) is 25.2 Å². The average Bonchev–Trinajstić information content (AvgIpc) is 3.07. The standard InChI is InChI=1S/C15H17N5O7S2/c1-26-15(19-8(21)2-7-5-29-13(16)18-7)11(24)20-9(10(22)23)6(3-27-14(17)25)4-28-12(15)20/h5,12H,2-4H2,1H3,(H2,16,18)(H2,17,25)(H,19,21)(H,22,23)/t12-,15+/m1/s1. The molecule has 0 bridgehead atoms. The van der Waals surface area contributed by atoms with Crippen LogP contribution in [0.1, 0.15) is 5.69 Å². The van der Waals surface area contributed by atoms with Crippen LogP contribution in [0, 0.1) is 0 Å². The summed E-state index contributed by atoms with van der Waals surface area (Å²) in [6, 6.07) is 0. The van der Waals surface area contributed by atoms with Crippen LogP contribution in [0.15, 0.2) is 16.7 Å². The second-order valence-corrected chi connectivity index (χ2v) is 8.00. The molecule has 12 nitrogen and oxygen atoms in total. The Hall–Kier alpha value is -2.84. The summed E-state index contributed by atoms with van der Waals surface area (Å²) < 4.78 is 9.99. The van der Waals surface area contributed by atoms with E-state index >= 15 is 0 Å². The summed E-state index contributed by atoms with van der Waals surface area (Å²) in [5.74, 6) is -2.53. The zero-order valence-corrected chi connectivity index (χ0v) is 16.7. The van der Waals surface area contributed by atoms with Gasteiger partial charge >= 0.3 is 12.1 Å². The number of ether oxygens (including phenoxy) is 2. The van der Waals surface area contributed by atoms with E-state index in [1.54, 1.807) is 5.38 Å². The van der Waals surface area contributed by atoms with Gasteiger partial charge in [-0.25, -0.2) is 14.6 Å². The lowest BCUT2D eigenvalue weighted by Crippen LogP contribution is -2.80. The normalized spacial score (nSPS) is 23.3. The molecule has 156 valence electrons. The Morgan fingerprint density at radius 3 is 2.76 bits per heavy atom. The van der Waals surface area contributed by atoms with Gasteiger partial charge in [0.25, 0.3) is 11.6 Å². The summed E-state index contributed by atoms with van der Waals surface area (Å²) in [5.41, 5.74) is 9.06. The predicted molar refractivity (Wildman–Crippen MR) is 101 cm³/mol. The highest BCUT2D eigenvalue weighted by Gasteiger charge is 2.66. The number of primary amides is 1. The van der Waals surface area contributed by atoms with E-state index in [0.29, 0.717) is 10.8 Å². The van der Waals surface area contributed by atoms with Crippen LogP contribution in [0.3, 0.4) is 0 Å². The minimum absolute atomic E-state index is 0.122. The van der Waals surface area contributed by atoms with E-state index in [0.717, 1.165) is 16.7 Å². The first-order chi connectivity index (χ1) is 13.7. The highest BCUT2D eigenvalue weighted by molar-refractivity contribution is 8.00. The van der Waals surface area contributed by atoms with Gasteiger partial charge in [-0.15, -0.1) is 23.1 Å². The highest BCUT2D eigenvalue weighted by Crippen LogP contribution is 2.46. The quantitative estimate of drug-likeness (QED) is 0.303. The van der Waals surface area contributed by atoms with Crippen molar-refractivity contribution in [3.05, 3.63) is 22.3 Å². The molecule has 0 aromatic carbocycles. The van der Waals surface area contributed by atoms with E-state index in [1.165, 1.54) is 18.4 Å². The number of carbonyl (C=O) groups is 4. The second-order valence-electron chi connectivity index (χ2n) is 6.05. The van der Waals surface area contributed by atoms with Gasteiger partial charge in [0, 0.05) is 23.8 Å². The number of nitrogen functional groups attached to an aromatic ring is 1. The number of aromatic nitrogens is 1. The molecule has 3 rings (SSSR count). The number of thiazole rings is 1. The van der Waals surface area contributed by atoms with Crippen molar-refractivity contribution < 1.29 is 33.8 Å². The number of nitrogens with two attached hydrogens (primary N) is 2. The van der Waals surface area contributed by atoms with E-state index in [9.17, 15) is 24.3 Å². The maximum absolute atomic E-state index is 12.8. The fraction of sp³-hybridized carbons (Fsp3) is 0.400.